The molecule has 0 amide bonds. The zero-order valence-corrected chi connectivity index (χ0v) is 14.2. The van der Waals surface area contributed by atoms with E-state index >= 15 is 0 Å². The molecule has 0 fully saturated rings. The van der Waals surface area contributed by atoms with Crippen molar-refractivity contribution in [2.45, 2.75) is 13.0 Å². The highest BCUT2D eigenvalue weighted by molar-refractivity contribution is 5.38. The lowest BCUT2D eigenvalue weighted by Crippen LogP contribution is -2.16. The molecule has 0 saturated heterocycles. The zero-order valence-electron chi connectivity index (χ0n) is 14.2. The lowest BCUT2D eigenvalue weighted by molar-refractivity contribution is 0.273. The summed E-state index contributed by atoms with van der Waals surface area (Å²) in [6.07, 6.45) is 0.867. The van der Waals surface area contributed by atoms with Gasteiger partial charge in [0, 0.05) is 12.6 Å². The Kier molecular flexibility index (Phi) is 7.36. The lowest BCUT2D eigenvalue weighted by atomic mass is 10.1. The molecule has 1 N–H and O–H groups in total. The average molecular weight is 333 g/mol. The van der Waals surface area contributed by atoms with Crippen LogP contribution in [0.3, 0.4) is 0 Å². The van der Waals surface area contributed by atoms with Crippen LogP contribution < -0.4 is 19.5 Å². The molecule has 0 aliphatic heterocycles. The van der Waals surface area contributed by atoms with Crippen molar-refractivity contribution in [1.29, 1.82) is 0 Å². The molecule has 0 aliphatic rings. The minimum absolute atomic E-state index is 0.0918. The van der Waals surface area contributed by atoms with Crippen molar-refractivity contribution in [3.63, 3.8) is 0 Å². The van der Waals surface area contributed by atoms with Crippen molar-refractivity contribution in [3.8, 4) is 17.2 Å². The van der Waals surface area contributed by atoms with Crippen LogP contribution in [0.5, 0.6) is 17.2 Å². The van der Waals surface area contributed by atoms with Crippen LogP contribution in [-0.2, 0) is 13.0 Å². The predicted octanol–water partition coefficient (Wildman–Crippen LogP) is 3.38. The molecule has 0 atom stereocenters. The molecule has 2 aromatic carbocycles. The molecule has 0 aliphatic carbocycles. The standard InChI is InChI=1S/C19H24FNO3/c1-22-18-10-15(11-19(13-18)23-2)6-8-21-14-16-4-3-5-17(12-16)24-9-7-20/h3-5,10-13,21H,6-9,14H2,1-2H3. The van der Waals surface area contributed by atoms with E-state index < -0.39 is 6.67 Å². The summed E-state index contributed by atoms with van der Waals surface area (Å²) in [6, 6.07) is 13.6. The fourth-order valence-electron chi connectivity index (χ4n) is 2.38. The molecular formula is C19H24FNO3. The van der Waals surface area contributed by atoms with E-state index in [1.54, 1.807) is 14.2 Å². The van der Waals surface area contributed by atoms with Crippen molar-refractivity contribution in [3.05, 3.63) is 53.6 Å². The summed E-state index contributed by atoms with van der Waals surface area (Å²) in [7, 11) is 3.30. The van der Waals surface area contributed by atoms with E-state index in [2.05, 4.69) is 5.32 Å². The lowest BCUT2D eigenvalue weighted by Gasteiger charge is -2.10. The summed E-state index contributed by atoms with van der Waals surface area (Å²) in [5, 5.41) is 3.40. The molecule has 130 valence electrons. The highest BCUT2D eigenvalue weighted by Gasteiger charge is 2.02. The van der Waals surface area contributed by atoms with Crippen molar-refractivity contribution in [2.24, 2.45) is 0 Å². The monoisotopic (exact) mass is 333 g/mol. The second-order valence-corrected chi connectivity index (χ2v) is 5.33. The van der Waals surface area contributed by atoms with Crippen LogP contribution in [0.2, 0.25) is 0 Å². The smallest absolute Gasteiger partial charge is 0.123 e. The minimum Gasteiger partial charge on any atom is -0.497 e. The molecule has 2 rings (SSSR count). The number of nitrogens with one attached hydrogen (secondary N) is 1. The fourth-order valence-corrected chi connectivity index (χ4v) is 2.38. The Morgan fingerprint density at radius 1 is 0.917 bits per heavy atom. The highest BCUT2D eigenvalue weighted by Crippen LogP contribution is 2.22. The van der Waals surface area contributed by atoms with Crippen LogP contribution in [-0.4, -0.2) is 34.0 Å². The molecule has 0 heterocycles. The summed E-state index contributed by atoms with van der Waals surface area (Å²) < 4.78 is 28.0. The van der Waals surface area contributed by atoms with Crippen LogP contribution in [0.25, 0.3) is 0 Å². The van der Waals surface area contributed by atoms with E-state index in [9.17, 15) is 4.39 Å². The van der Waals surface area contributed by atoms with Crippen molar-refractivity contribution < 1.29 is 18.6 Å². The first kappa shape index (κ1) is 18.1. The summed E-state index contributed by atoms with van der Waals surface area (Å²) in [4.78, 5) is 0. The van der Waals surface area contributed by atoms with E-state index in [0.717, 1.165) is 42.1 Å². The molecule has 0 saturated carbocycles. The van der Waals surface area contributed by atoms with Gasteiger partial charge in [0.15, 0.2) is 0 Å². The summed E-state index contributed by atoms with van der Waals surface area (Å²) in [6.45, 7) is 1.17. The van der Waals surface area contributed by atoms with Crippen molar-refractivity contribution >= 4 is 0 Å². The van der Waals surface area contributed by atoms with Crippen LogP contribution in [0, 0.1) is 0 Å². The van der Waals surface area contributed by atoms with E-state index in [4.69, 9.17) is 14.2 Å². The van der Waals surface area contributed by atoms with Crippen molar-refractivity contribution in [1.82, 2.24) is 5.32 Å². The molecule has 0 bridgehead atoms. The zero-order chi connectivity index (χ0) is 17.2. The van der Waals surface area contributed by atoms with E-state index in [1.807, 2.05) is 42.5 Å². The Morgan fingerprint density at radius 2 is 1.62 bits per heavy atom. The van der Waals surface area contributed by atoms with E-state index in [1.165, 1.54) is 0 Å². The second-order valence-electron chi connectivity index (χ2n) is 5.33. The number of ether oxygens (including phenoxy) is 3. The maximum atomic E-state index is 12.1. The minimum atomic E-state index is -0.480. The molecule has 0 unspecified atom stereocenters. The van der Waals surface area contributed by atoms with Gasteiger partial charge in [-0.2, -0.15) is 0 Å². The Hall–Kier alpha value is -2.27. The Balaban J connectivity index is 1.82. The van der Waals surface area contributed by atoms with Crippen LogP contribution in [0.15, 0.2) is 42.5 Å². The SMILES string of the molecule is COc1cc(CCNCc2cccc(OCCF)c2)cc(OC)c1. The number of alkyl halides is 1. The third-order valence-corrected chi connectivity index (χ3v) is 3.58. The number of hydrogen-bond acceptors (Lipinski definition) is 4. The fraction of sp³-hybridized carbons (Fsp3) is 0.368. The molecular weight excluding hydrogens is 309 g/mol. The van der Waals surface area contributed by atoms with Crippen LogP contribution >= 0.6 is 0 Å². The van der Waals surface area contributed by atoms with Crippen LogP contribution in [0.4, 0.5) is 4.39 Å². The molecule has 0 radical (unpaired) electrons. The quantitative estimate of drug-likeness (QED) is 0.677. The Morgan fingerprint density at radius 3 is 2.29 bits per heavy atom. The summed E-state index contributed by atoms with van der Waals surface area (Å²) in [5.41, 5.74) is 2.26. The van der Waals surface area contributed by atoms with Crippen molar-refractivity contribution in [2.75, 3.05) is 34.0 Å². The largest absolute Gasteiger partial charge is 0.497 e. The van der Waals surface area contributed by atoms with Gasteiger partial charge in [-0.1, -0.05) is 12.1 Å². The first-order chi connectivity index (χ1) is 11.7. The van der Waals surface area contributed by atoms with Gasteiger partial charge < -0.3 is 19.5 Å². The number of methoxy groups -OCH3 is 2. The van der Waals surface area contributed by atoms with Gasteiger partial charge in [-0.05, 0) is 48.4 Å². The molecule has 4 nitrogen and oxygen atoms in total. The number of halogens is 1. The van der Waals surface area contributed by atoms with Crippen LogP contribution in [0.1, 0.15) is 11.1 Å². The number of rotatable bonds is 10. The van der Waals surface area contributed by atoms with Gasteiger partial charge in [0.25, 0.3) is 0 Å². The number of benzene rings is 2. The summed E-state index contributed by atoms with van der Waals surface area (Å²) >= 11 is 0. The highest BCUT2D eigenvalue weighted by atomic mass is 19.1. The Bertz CT molecular complexity index is 612. The van der Waals surface area contributed by atoms with Gasteiger partial charge >= 0.3 is 0 Å². The van der Waals surface area contributed by atoms with E-state index in [-0.39, 0.29) is 6.61 Å². The third kappa shape index (κ3) is 5.74. The van der Waals surface area contributed by atoms with Gasteiger partial charge in [0.2, 0.25) is 0 Å². The van der Waals surface area contributed by atoms with Gasteiger partial charge in [-0.15, -0.1) is 0 Å². The molecule has 24 heavy (non-hydrogen) atoms. The maximum absolute atomic E-state index is 12.1. The van der Waals surface area contributed by atoms with Gasteiger partial charge in [0.1, 0.15) is 30.5 Å². The predicted molar refractivity (Wildman–Crippen MR) is 92.9 cm³/mol. The van der Waals surface area contributed by atoms with E-state index in [0.29, 0.717) is 5.75 Å². The first-order valence-electron chi connectivity index (χ1n) is 7.95. The van der Waals surface area contributed by atoms with Gasteiger partial charge in [0.05, 0.1) is 14.2 Å². The van der Waals surface area contributed by atoms with Gasteiger partial charge in [-0.3, -0.25) is 0 Å². The second kappa shape index (κ2) is 9.78. The Labute approximate surface area is 142 Å². The first-order valence-corrected chi connectivity index (χ1v) is 7.95. The molecule has 0 spiro atoms. The average Bonchev–Trinajstić information content (AvgIpc) is 2.63. The molecule has 5 heteroatoms. The molecule has 2 aromatic rings. The third-order valence-electron chi connectivity index (χ3n) is 3.58. The number of hydrogen-bond donors (Lipinski definition) is 1. The topological polar surface area (TPSA) is 39.7 Å². The summed E-state index contributed by atoms with van der Waals surface area (Å²) in [5.74, 6) is 2.29. The van der Waals surface area contributed by atoms with Gasteiger partial charge in [-0.25, -0.2) is 4.39 Å². The maximum Gasteiger partial charge on any atom is 0.123 e. The normalized spacial score (nSPS) is 10.5. The molecule has 0 aromatic heterocycles.